The van der Waals surface area contributed by atoms with Gasteiger partial charge in [0.1, 0.15) is 0 Å². The van der Waals surface area contributed by atoms with Crippen molar-refractivity contribution in [2.45, 2.75) is 20.3 Å². The molecule has 0 unspecified atom stereocenters. The fraction of sp³-hybridized carbons (Fsp3) is 0.0600. The summed E-state index contributed by atoms with van der Waals surface area (Å²) in [5.74, 6) is 1.34. The van der Waals surface area contributed by atoms with E-state index >= 15 is 0 Å². The van der Waals surface area contributed by atoms with Crippen LogP contribution in [0.5, 0.6) is 0 Å². The highest BCUT2D eigenvalue weighted by Gasteiger charge is 2.32. The van der Waals surface area contributed by atoms with E-state index in [0.717, 1.165) is 83.7 Å². The van der Waals surface area contributed by atoms with Crippen LogP contribution in [-0.2, 0) is 0 Å². The van der Waals surface area contributed by atoms with E-state index < -0.39 is 0 Å². The lowest BCUT2D eigenvalue weighted by Gasteiger charge is -2.27. The van der Waals surface area contributed by atoms with Gasteiger partial charge in [0.2, 0.25) is 5.95 Å². The minimum absolute atomic E-state index is 0.581. The first-order chi connectivity index (χ1) is 27.7. The standard InChI is InChI=1S/C47H32N6.C3H8/c1-32-37-30-31-39-38-26-15-17-29-42(38)52(47-48-41-28-16-14-27-40(41)43(49-47)33-18-6-2-7-19-33)44(39)45(37)53(36-24-12-5-13-25-36)50-46(34-20-8-3-9-21-34)51(32)35-22-10-4-11-23-35;1-3-2/h2-31H,1H2;3H2,1-2H3. The Labute approximate surface area is 327 Å². The second kappa shape index (κ2) is 14.8. The van der Waals surface area contributed by atoms with Crippen LogP contribution in [0.15, 0.2) is 194 Å². The number of rotatable bonds is 5. The monoisotopic (exact) mass is 724 g/mol. The van der Waals surface area contributed by atoms with E-state index in [1.165, 1.54) is 6.42 Å². The Hall–Kier alpha value is -7.31. The summed E-state index contributed by atoms with van der Waals surface area (Å²) in [4.78, 5) is 12.8. The number of anilines is 3. The molecule has 6 nitrogen and oxygen atoms in total. The van der Waals surface area contributed by atoms with Gasteiger partial charge in [0.25, 0.3) is 0 Å². The van der Waals surface area contributed by atoms with Gasteiger partial charge in [0.15, 0.2) is 5.84 Å². The topological polar surface area (TPSA) is 49.6 Å². The molecule has 0 fully saturated rings. The number of aromatic nitrogens is 3. The van der Waals surface area contributed by atoms with Crippen LogP contribution in [0.4, 0.5) is 17.1 Å². The van der Waals surface area contributed by atoms with Gasteiger partial charge < -0.3 is 0 Å². The van der Waals surface area contributed by atoms with Crippen molar-refractivity contribution in [2.24, 2.45) is 5.10 Å². The molecule has 7 aromatic carbocycles. The summed E-state index contributed by atoms with van der Waals surface area (Å²) < 4.78 is 2.21. The zero-order valence-electron chi connectivity index (χ0n) is 31.4. The third kappa shape index (κ3) is 5.98. The number of nitrogens with zero attached hydrogens (tertiary/aromatic N) is 6. The first-order valence-electron chi connectivity index (χ1n) is 19.1. The highest BCUT2D eigenvalue weighted by atomic mass is 15.5. The second-order valence-corrected chi connectivity index (χ2v) is 13.7. The van der Waals surface area contributed by atoms with Crippen LogP contribution in [0.1, 0.15) is 31.4 Å². The predicted octanol–water partition coefficient (Wildman–Crippen LogP) is 12.8. The largest absolute Gasteiger partial charge is 0.293 e. The summed E-state index contributed by atoms with van der Waals surface area (Å²) >= 11 is 0. The second-order valence-electron chi connectivity index (χ2n) is 13.7. The van der Waals surface area contributed by atoms with Crippen molar-refractivity contribution in [1.29, 1.82) is 0 Å². The molecule has 0 bridgehead atoms. The average molecular weight is 725 g/mol. The molecule has 0 atom stereocenters. The molecule has 0 saturated carbocycles. The van der Waals surface area contributed by atoms with Crippen molar-refractivity contribution < 1.29 is 0 Å². The van der Waals surface area contributed by atoms with Crippen molar-refractivity contribution in [1.82, 2.24) is 14.5 Å². The molecule has 0 amide bonds. The van der Waals surface area contributed by atoms with Gasteiger partial charge >= 0.3 is 0 Å². The van der Waals surface area contributed by atoms with Gasteiger partial charge in [-0.15, -0.1) is 5.10 Å². The molecule has 3 heterocycles. The summed E-state index contributed by atoms with van der Waals surface area (Å²) in [6.45, 7) is 9.06. The smallest absolute Gasteiger partial charge is 0.235 e. The maximum atomic E-state index is 5.60. The quantitative estimate of drug-likeness (QED) is 0.177. The molecule has 0 N–H and O–H groups in total. The van der Waals surface area contributed by atoms with Crippen molar-refractivity contribution in [3.63, 3.8) is 0 Å². The fourth-order valence-electron chi connectivity index (χ4n) is 7.50. The van der Waals surface area contributed by atoms with Crippen molar-refractivity contribution in [3.8, 4) is 17.2 Å². The maximum absolute atomic E-state index is 5.60. The van der Waals surface area contributed by atoms with E-state index in [1.807, 2.05) is 48.5 Å². The number of para-hydroxylation sites is 4. The van der Waals surface area contributed by atoms with E-state index in [0.29, 0.717) is 5.95 Å². The Kier molecular flexibility index (Phi) is 9.13. The lowest BCUT2D eigenvalue weighted by molar-refractivity contribution is 1.00. The van der Waals surface area contributed by atoms with Crippen LogP contribution in [0, 0.1) is 0 Å². The number of hydrogen-bond donors (Lipinski definition) is 0. The van der Waals surface area contributed by atoms with E-state index in [1.54, 1.807) is 0 Å². The van der Waals surface area contributed by atoms with Crippen LogP contribution >= 0.6 is 0 Å². The van der Waals surface area contributed by atoms with Crippen molar-refractivity contribution in [3.05, 3.63) is 200 Å². The first-order valence-corrected chi connectivity index (χ1v) is 19.1. The van der Waals surface area contributed by atoms with Crippen LogP contribution < -0.4 is 9.91 Å². The van der Waals surface area contributed by atoms with Crippen LogP contribution in [0.2, 0.25) is 0 Å². The minimum Gasteiger partial charge on any atom is -0.293 e. The zero-order chi connectivity index (χ0) is 38.0. The summed E-state index contributed by atoms with van der Waals surface area (Å²) in [6, 6.07) is 62.5. The first kappa shape index (κ1) is 34.5. The number of benzene rings is 7. The molecule has 0 spiro atoms. The predicted molar refractivity (Wildman–Crippen MR) is 235 cm³/mol. The molecule has 0 saturated heterocycles. The van der Waals surface area contributed by atoms with Crippen molar-refractivity contribution in [2.75, 3.05) is 9.91 Å². The van der Waals surface area contributed by atoms with Gasteiger partial charge in [-0.25, -0.2) is 15.0 Å². The lowest BCUT2D eigenvalue weighted by atomic mass is 10.0. The molecule has 0 radical (unpaired) electrons. The number of hydrazone groups is 1. The summed E-state index contributed by atoms with van der Waals surface area (Å²) in [7, 11) is 0. The Morgan fingerprint density at radius 1 is 0.518 bits per heavy atom. The Morgan fingerprint density at radius 2 is 1.07 bits per heavy atom. The highest BCUT2D eigenvalue weighted by molar-refractivity contribution is 6.22. The third-order valence-electron chi connectivity index (χ3n) is 9.89. The van der Waals surface area contributed by atoms with E-state index in [2.05, 4.69) is 162 Å². The molecule has 10 rings (SSSR count). The Bertz CT molecular complexity index is 2860. The van der Waals surface area contributed by atoms with Gasteiger partial charge in [-0.05, 0) is 42.5 Å². The highest BCUT2D eigenvalue weighted by Crippen LogP contribution is 2.47. The third-order valence-corrected chi connectivity index (χ3v) is 9.89. The molecular weight excluding hydrogens is 685 g/mol. The van der Waals surface area contributed by atoms with Gasteiger partial charge in [-0.3, -0.25) is 9.47 Å². The SMILES string of the molecule is C=C1c2ccc3c4ccccc4n(-c4nc(-c5ccccc5)c5ccccc5n4)c3c2N(c2ccccc2)N=C(c2ccccc2)N1c1ccccc1.CCC. The van der Waals surface area contributed by atoms with E-state index in [9.17, 15) is 0 Å². The minimum atomic E-state index is 0.581. The number of fused-ring (bicyclic) bond motifs is 6. The Morgan fingerprint density at radius 3 is 1.75 bits per heavy atom. The maximum Gasteiger partial charge on any atom is 0.235 e. The van der Waals surface area contributed by atoms with Gasteiger partial charge in [0.05, 0.1) is 33.6 Å². The van der Waals surface area contributed by atoms with Gasteiger partial charge in [0, 0.05) is 44.2 Å². The zero-order valence-corrected chi connectivity index (χ0v) is 31.4. The molecule has 9 aromatic rings. The average Bonchev–Trinajstić information content (AvgIpc) is 3.53. The molecular formula is C50H40N6. The fourth-order valence-corrected chi connectivity index (χ4v) is 7.50. The van der Waals surface area contributed by atoms with Crippen LogP contribution in [0.3, 0.4) is 0 Å². The lowest BCUT2D eigenvalue weighted by Crippen LogP contribution is -2.30. The molecule has 56 heavy (non-hydrogen) atoms. The molecule has 1 aliphatic heterocycles. The van der Waals surface area contributed by atoms with E-state index in [4.69, 9.17) is 21.6 Å². The number of hydrogen-bond acceptors (Lipinski definition) is 5. The number of amidine groups is 1. The molecule has 0 aliphatic carbocycles. The summed E-state index contributed by atoms with van der Waals surface area (Å²) in [6.07, 6.45) is 1.25. The summed E-state index contributed by atoms with van der Waals surface area (Å²) in [5, 5.41) is 10.8. The van der Waals surface area contributed by atoms with E-state index in [-0.39, 0.29) is 0 Å². The van der Waals surface area contributed by atoms with Gasteiger partial charge in [-0.1, -0.05) is 166 Å². The Balaban J connectivity index is 0.00000133. The normalized spacial score (nSPS) is 12.6. The summed E-state index contributed by atoms with van der Waals surface area (Å²) in [5.41, 5.74) is 10.2. The molecule has 6 heteroatoms. The van der Waals surface area contributed by atoms with Crippen molar-refractivity contribution >= 4 is 61.3 Å². The molecule has 1 aliphatic rings. The van der Waals surface area contributed by atoms with Gasteiger partial charge in [-0.2, -0.15) is 0 Å². The van der Waals surface area contributed by atoms with Crippen LogP contribution in [-0.4, -0.2) is 20.4 Å². The van der Waals surface area contributed by atoms with Crippen LogP contribution in [0.25, 0.3) is 55.6 Å². The molecule has 270 valence electrons. The molecule has 2 aromatic heterocycles.